The average molecular weight is 282 g/mol. The molecule has 0 aliphatic heterocycles. The standard InChI is InChI=1S/C15H23FN2S/c1-3-14(15-8-7-11(16)10-17-15)18-12-5-4-6-13(9-12)19-2/h7-8,10,12-14,18H,3-6,9H2,1-2H3. The largest absolute Gasteiger partial charge is 0.306 e. The van der Waals surface area contributed by atoms with Crippen molar-refractivity contribution in [1.82, 2.24) is 10.3 Å². The van der Waals surface area contributed by atoms with E-state index in [9.17, 15) is 4.39 Å². The van der Waals surface area contributed by atoms with Crippen LogP contribution in [0.15, 0.2) is 18.3 Å². The van der Waals surface area contributed by atoms with Gasteiger partial charge in [-0.15, -0.1) is 0 Å². The maximum atomic E-state index is 12.9. The Balaban J connectivity index is 1.96. The topological polar surface area (TPSA) is 24.9 Å². The van der Waals surface area contributed by atoms with E-state index in [1.54, 1.807) is 6.07 Å². The Morgan fingerprint density at radius 3 is 2.95 bits per heavy atom. The van der Waals surface area contributed by atoms with Gasteiger partial charge < -0.3 is 5.32 Å². The molecule has 1 heterocycles. The highest BCUT2D eigenvalue weighted by Crippen LogP contribution is 2.28. The molecule has 1 aromatic heterocycles. The van der Waals surface area contributed by atoms with Crippen molar-refractivity contribution >= 4 is 11.8 Å². The molecule has 0 saturated heterocycles. The Kier molecular flexibility index (Phi) is 5.64. The van der Waals surface area contributed by atoms with Crippen LogP contribution < -0.4 is 5.32 Å². The minimum Gasteiger partial charge on any atom is -0.306 e. The van der Waals surface area contributed by atoms with Crippen LogP contribution in [0.1, 0.15) is 50.8 Å². The first-order chi connectivity index (χ1) is 9.22. The summed E-state index contributed by atoms with van der Waals surface area (Å²) < 4.78 is 12.9. The van der Waals surface area contributed by atoms with Crippen LogP contribution in [0.25, 0.3) is 0 Å². The Morgan fingerprint density at radius 2 is 2.32 bits per heavy atom. The van der Waals surface area contributed by atoms with Crippen molar-refractivity contribution in [1.29, 1.82) is 0 Å². The Morgan fingerprint density at radius 1 is 1.47 bits per heavy atom. The minimum absolute atomic E-state index is 0.242. The van der Waals surface area contributed by atoms with E-state index in [0.29, 0.717) is 6.04 Å². The van der Waals surface area contributed by atoms with Gasteiger partial charge in [0.05, 0.1) is 11.9 Å². The molecule has 0 radical (unpaired) electrons. The van der Waals surface area contributed by atoms with Crippen molar-refractivity contribution in [2.75, 3.05) is 6.26 Å². The Hall–Kier alpha value is -0.610. The highest BCUT2D eigenvalue weighted by atomic mass is 32.2. The van der Waals surface area contributed by atoms with E-state index in [1.165, 1.54) is 37.9 Å². The van der Waals surface area contributed by atoms with Crippen LogP contribution in [0.4, 0.5) is 4.39 Å². The number of pyridine rings is 1. The van der Waals surface area contributed by atoms with Crippen LogP contribution in [0.3, 0.4) is 0 Å². The third-order valence-electron chi connectivity index (χ3n) is 3.91. The molecule has 0 amide bonds. The molecule has 0 bridgehead atoms. The molecule has 1 N–H and O–H groups in total. The molecule has 1 saturated carbocycles. The van der Waals surface area contributed by atoms with Gasteiger partial charge in [0.25, 0.3) is 0 Å². The highest BCUT2D eigenvalue weighted by molar-refractivity contribution is 7.99. The fourth-order valence-corrected chi connectivity index (χ4v) is 3.63. The molecule has 2 rings (SSSR count). The predicted octanol–water partition coefficient (Wildman–Crippen LogP) is 3.94. The molecular weight excluding hydrogens is 259 g/mol. The number of halogens is 1. The van der Waals surface area contributed by atoms with Crippen molar-refractivity contribution in [3.63, 3.8) is 0 Å². The Labute approximate surface area is 119 Å². The fourth-order valence-electron chi connectivity index (χ4n) is 2.80. The lowest BCUT2D eigenvalue weighted by atomic mass is 9.93. The minimum atomic E-state index is -0.265. The van der Waals surface area contributed by atoms with Crippen molar-refractivity contribution in [2.45, 2.75) is 56.4 Å². The van der Waals surface area contributed by atoms with Crippen LogP contribution in [0.5, 0.6) is 0 Å². The molecule has 4 heteroatoms. The quantitative estimate of drug-likeness (QED) is 0.885. The summed E-state index contributed by atoms with van der Waals surface area (Å²) in [5.41, 5.74) is 0.954. The van der Waals surface area contributed by atoms with Crippen molar-refractivity contribution in [3.8, 4) is 0 Å². The third kappa shape index (κ3) is 4.18. The van der Waals surface area contributed by atoms with Gasteiger partial charge >= 0.3 is 0 Å². The molecule has 1 aliphatic rings. The van der Waals surface area contributed by atoms with Crippen LogP contribution in [0.2, 0.25) is 0 Å². The third-order valence-corrected chi connectivity index (χ3v) is 5.01. The maximum Gasteiger partial charge on any atom is 0.141 e. The molecule has 1 aromatic rings. The SMILES string of the molecule is CCC(NC1CCCC(SC)C1)c1ccc(F)cn1. The van der Waals surface area contributed by atoms with Crippen LogP contribution in [-0.4, -0.2) is 22.5 Å². The van der Waals surface area contributed by atoms with Crippen molar-refractivity contribution < 1.29 is 4.39 Å². The van der Waals surface area contributed by atoms with Gasteiger partial charge in [0.15, 0.2) is 0 Å². The molecular formula is C15H23FN2S. The van der Waals surface area contributed by atoms with E-state index >= 15 is 0 Å². The van der Waals surface area contributed by atoms with Gasteiger partial charge in [-0.1, -0.05) is 13.3 Å². The highest BCUT2D eigenvalue weighted by Gasteiger charge is 2.23. The summed E-state index contributed by atoms with van der Waals surface area (Å²) in [6, 6.07) is 4.11. The Bertz CT molecular complexity index is 382. The molecule has 1 aliphatic carbocycles. The number of aromatic nitrogens is 1. The number of nitrogens with zero attached hydrogens (tertiary/aromatic N) is 1. The van der Waals surface area contributed by atoms with Gasteiger partial charge in [-0.25, -0.2) is 4.39 Å². The average Bonchev–Trinajstić information content (AvgIpc) is 2.46. The summed E-state index contributed by atoms with van der Waals surface area (Å²) in [5, 5.41) is 4.49. The van der Waals surface area contributed by atoms with Crippen LogP contribution in [0, 0.1) is 5.82 Å². The second-order valence-electron chi connectivity index (χ2n) is 5.25. The number of hydrogen-bond donors (Lipinski definition) is 1. The van der Waals surface area contributed by atoms with Gasteiger partial charge in [0.1, 0.15) is 5.82 Å². The van der Waals surface area contributed by atoms with Crippen molar-refractivity contribution in [2.24, 2.45) is 0 Å². The normalized spacial score (nSPS) is 25.2. The number of thioether (sulfide) groups is 1. The maximum absolute atomic E-state index is 12.9. The van der Waals surface area contributed by atoms with E-state index in [0.717, 1.165) is 17.4 Å². The summed E-state index contributed by atoms with van der Waals surface area (Å²) in [5.74, 6) is -0.265. The van der Waals surface area contributed by atoms with Crippen LogP contribution in [-0.2, 0) is 0 Å². The van der Waals surface area contributed by atoms with E-state index in [2.05, 4.69) is 23.5 Å². The predicted molar refractivity (Wildman–Crippen MR) is 79.9 cm³/mol. The lowest BCUT2D eigenvalue weighted by Gasteiger charge is -2.31. The number of nitrogens with one attached hydrogen (secondary N) is 1. The van der Waals surface area contributed by atoms with E-state index in [1.807, 2.05) is 11.8 Å². The van der Waals surface area contributed by atoms with E-state index in [-0.39, 0.29) is 11.9 Å². The summed E-state index contributed by atoms with van der Waals surface area (Å²) in [6.07, 6.45) is 9.62. The first kappa shape index (κ1) is 14.8. The van der Waals surface area contributed by atoms with Gasteiger partial charge in [-0.2, -0.15) is 11.8 Å². The van der Waals surface area contributed by atoms with Gasteiger partial charge in [0, 0.05) is 17.3 Å². The smallest absolute Gasteiger partial charge is 0.141 e. The summed E-state index contributed by atoms with van der Waals surface area (Å²) in [6.45, 7) is 2.15. The zero-order valence-corrected chi connectivity index (χ0v) is 12.5. The summed E-state index contributed by atoms with van der Waals surface area (Å²) in [7, 11) is 0. The second-order valence-corrected chi connectivity index (χ2v) is 6.39. The molecule has 1 fully saturated rings. The summed E-state index contributed by atoms with van der Waals surface area (Å²) >= 11 is 1.98. The van der Waals surface area contributed by atoms with Crippen molar-refractivity contribution in [3.05, 3.63) is 29.8 Å². The van der Waals surface area contributed by atoms with Crippen LogP contribution >= 0.6 is 11.8 Å². The first-order valence-corrected chi connectivity index (χ1v) is 8.42. The lowest BCUT2D eigenvalue weighted by Crippen LogP contribution is -2.37. The molecule has 106 valence electrons. The monoisotopic (exact) mass is 282 g/mol. The summed E-state index contributed by atoms with van der Waals surface area (Å²) in [4.78, 5) is 4.21. The lowest BCUT2D eigenvalue weighted by molar-refractivity contribution is 0.336. The number of hydrogen-bond acceptors (Lipinski definition) is 3. The molecule has 0 aromatic carbocycles. The molecule has 3 unspecified atom stereocenters. The molecule has 3 atom stereocenters. The molecule has 0 spiro atoms. The molecule has 19 heavy (non-hydrogen) atoms. The zero-order chi connectivity index (χ0) is 13.7. The zero-order valence-electron chi connectivity index (χ0n) is 11.7. The number of rotatable bonds is 5. The van der Waals surface area contributed by atoms with E-state index < -0.39 is 0 Å². The molecule has 2 nitrogen and oxygen atoms in total. The second kappa shape index (κ2) is 7.25. The van der Waals surface area contributed by atoms with Gasteiger partial charge in [-0.3, -0.25) is 4.98 Å². The van der Waals surface area contributed by atoms with Gasteiger partial charge in [-0.05, 0) is 44.1 Å². The first-order valence-electron chi connectivity index (χ1n) is 7.13. The van der Waals surface area contributed by atoms with Gasteiger partial charge in [0.2, 0.25) is 0 Å². The fraction of sp³-hybridized carbons (Fsp3) is 0.667. The van der Waals surface area contributed by atoms with E-state index in [4.69, 9.17) is 0 Å².